The number of nitrogens with one attached hydrogen (secondary N) is 1. The van der Waals surface area contributed by atoms with Crippen molar-refractivity contribution in [3.63, 3.8) is 0 Å². The standard InChI is InChI=1S/C10H20N2O/c1-4-10(9(13)12(2)3)6-5-7-11-8-10/h11H,4-8H2,1-3H3. The maximum atomic E-state index is 11.9. The van der Waals surface area contributed by atoms with Gasteiger partial charge < -0.3 is 10.2 Å². The van der Waals surface area contributed by atoms with Gasteiger partial charge in [0.05, 0.1) is 5.41 Å². The summed E-state index contributed by atoms with van der Waals surface area (Å²) < 4.78 is 0. The zero-order valence-corrected chi connectivity index (χ0v) is 8.89. The van der Waals surface area contributed by atoms with Crippen molar-refractivity contribution in [3.8, 4) is 0 Å². The highest BCUT2D eigenvalue weighted by Gasteiger charge is 2.38. The van der Waals surface area contributed by atoms with Crippen LogP contribution in [0.15, 0.2) is 0 Å². The number of rotatable bonds is 2. The Balaban J connectivity index is 2.72. The van der Waals surface area contributed by atoms with Crippen molar-refractivity contribution in [2.24, 2.45) is 5.41 Å². The van der Waals surface area contributed by atoms with Crippen molar-refractivity contribution < 1.29 is 4.79 Å². The third-order valence-electron chi connectivity index (χ3n) is 3.01. The van der Waals surface area contributed by atoms with Crippen molar-refractivity contribution in [1.82, 2.24) is 10.2 Å². The first-order valence-corrected chi connectivity index (χ1v) is 5.05. The van der Waals surface area contributed by atoms with E-state index < -0.39 is 0 Å². The Morgan fingerprint density at radius 3 is 2.62 bits per heavy atom. The van der Waals surface area contributed by atoms with Crippen molar-refractivity contribution in [2.75, 3.05) is 27.2 Å². The highest BCUT2D eigenvalue weighted by molar-refractivity contribution is 5.82. The maximum absolute atomic E-state index is 11.9. The van der Waals surface area contributed by atoms with Crippen molar-refractivity contribution in [2.45, 2.75) is 26.2 Å². The van der Waals surface area contributed by atoms with E-state index in [2.05, 4.69) is 12.2 Å². The molecule has 13 heavy (non-hydrogen) atoms. The summed E-state index contributed by atoms with van der Waals surface area (Å²) in [6.07, 6.45) is 3.10. The van der Waals surface area contributed by atoms with Gasteiger partial charge in [0.15, 0.2) is 0 Å². The van der Waals surface area contributed by atoms with Crippen LogP contribution in [0.5, 0.6) is 0 Å². The average Bonchev–Trinajstić information content (AvgIpc) is 2.17. The minimum atomic E-state index is -0.123. The number of hydrogen-bond acceptors (Lipinski definition) is 2. The van der Waals surface area contributed by atoms with E-state index in [9.17, 15) is 4.79 Å². The maximum Gasteiger partial charge on any atom is 0.229 e. The monoisotopic (exact) mass is 184 g/mol. The molecular weight excluding hydrogens is 164 g/mol. The number of carbonyl (C=O) groups is 1. The minimum absolute atomic E-state index is 0.123. The molecule has 1 atom stereocenters. The first-order valence-electron chi connectivity index (χ1n) is 5.05. The Morgan fingerprint density at radius 1 is 1.54 bits per heavy atom. The number of carbonyl (C=O) groups excluding carboxylic acids is 1. The lowest BCUT2D eigenvalue weighted by molar-refractivity contribution is -0.140. The molecule has 3 nitrogen and oxygen atoms in total. The molecule has 1 amide bonds. The molecule has 1 unspecified atom stereocenters. The molecule has 0 aromatic rings. The Morgan fingerprint density at radius 2 is 2.23 bits per heavy atom. The summed E-state index contributed by atoms with van der Waals surface area (Å²) in [4.78, 5) is 13.7. The minimum Gasteiger partial charge on any atom is -0.348 e. The molecule has 1 heterocycles. The summed E-state index contributed by atoms with van der Waals surface area (Å²) in [6.45, 7) is 4.01. The fourth-order valence-corrected chi connectivity index (χ4v) is 2.08. The van der Waals surface area contributed by atoms with Crippen LogP contribution >= 0.6 is 0 Å². The van der Waals surface area contributed by atoms with Gasteiger partial charge in [-0.2, -0.15) is 0 Å². The van der Waals surface area contributed by atoms with Crippen molar-refractivity contribution in [1.29, 1.82) is 0 Å². The number of amides is 1. The normalized spacial score (nSPS) is 28.5. The number of piperidine rings is 1. The van der Waals surface area contributed by atoms with Crippen LogP contribution in [0.1, 0.15) is 26.2 Å². The van der Waals surface area contributed by atoms with E-state index in [1.165, 1.54) is 0 Å². The molecule has 1 fully saturated rings. The zero-order valence-electron chi connectivity index (χ0n) is 8.89. The van der Waals surface area contributed by atoms with Gasteiger partial charge in [-0.15, -0.1) is 0 Å². The van der Waals surface area contributed by atoms with Crippen LogP contribution in [0.3, 0.4) is 0 Å². The van der Waals surface area contributed by atoms with Crippen molar-refractivity contribution in [3.05, 3.63) is 0 Å². The van der Waals surface area contributed by atoms with Crippen molar-refractivity contribution >= 4 is 5.91 Å². The molecule has 0 aliphatic carbocycles. The van der Waals surface area contributed by atoms with Crippen LogP contribution < -0.4 is 5.32 Å². The fraction of sp³-hybridized carbons (Fsp3) is 0.900. The molecule has 1 aliphatic rings. The molecule has 1 saturated heterocycles. The lowest BCUT2D eigenvalue weighted by Crippen LogP contribution is -2.49. The largest absolute Gasteiger partial charge is 0.348 e. The summed E-state index contributed by atoms with van der Waals surface area (Å²) in [7, 11) is 3.68. The Kier molecular flexibility index (Phi) is 3.31. The first kappa shape index (κ1) is 10.5. The van der Waals surface area contributed by atoms with Gasteiger partial charge in [-0.05, 0) is 25.8 Å². The van der Waals surface area contributed by atoms with Gasteiger partial charge in [-0.3, -0.25) is 4.79 Å². The molecule has 0 aromatic carbocycles. The van der Waals surface area contributed by atoms with Gasteiger partial charge in [0.2, 0.25) is 5.91 Å². The van der Waals surface area contributed by atoms with E-state index >= 15 is 0 Å². The molecule has 3 heteroatoms. The topological polar surface area (TPSA) is 32.3 Å². The average molecular weight is 184 g/mol. The third-order valence-corrected chi connectivity index (χ3v) is 3.01. The van der Waals surface area contributed by atoms with Crippen LogP contribution in [0.4, 0.5) is 0 Å². The van der Waals surface area contributed by atoms with E-state index in [0.29, 0.717) is 0 Å². The van der Waals surface area contributed by atoms with Crippen LogP contribution in [0.25, 0.3) is 0 Å². The van der Waals surface area contributed by atoms with E-state index in [-0.39, 0.29) is 11.3 Å². The second-order valence-corrected chi connectivity index (χ2v) is 4.11. The highest BCUT2D eigenvalue weighted by Crippen LogP contribution is 2.31. The lowest BCUT2D eigenvalue weighted by atomic mass is 9.77. The number of nitrogens with zero attached hydrogens (tertiary/aromatic N) is 1. The summed E-state index contributed by atoms with van der Waals surface area (Å²) in [5.74, 6) is 0.280. The quantitative estimate of drug-likeness (QED) is 0.690. The second kappa shape index (κ2) is 4.09. The smallest absolute Gasteiger partial charge is 0.229 e. The summed E-state index contributed by atoms with van der Waals surface area (Å²) in [5, 5.41) is 3.31. The molecule has 0 bridgehead atoms. The van der Waals surface area contributed by atoms with Crippen LogP contribution in [-0.4, -0.2) is 38.0 Å². The molecule has 0 radical (unpaired) electrons. The second-order valence-electron chi connectivity index (χ2n) is 4.11. The SMILES string of the molecule is CCC1(C(=O)N(C)C)CCCNC1. The van der Waals surface area contributed by atoms with Gasteiger partial charge in [-0.25, -0.2) is 0 Å². The van der Waals surface area contributed by atoms with Gasteiger partial charge in [0.1, 0.15) is 0 Å². The van der Waals surface area contributed by atoms with Crippen LogP contribution in [0.2, 0.25) is 0 Å². The Labute approximate surface area is 80.5 Å². The predicted octanol–water partition coefficient (Wildman–Crippen LogP) is 0.854. The third kappa shape index (κ3) is 2.02. The Hall–Kier alpha value is -0.570. The van der Waals surface area contributed by atoms with Crippen LogP contribution in [-0.2, 0) is 4.79 Å². The predicted molar refractivity (Wildman–Crippen MR) is 53.5 cm³/mol. The zero-order chi connectivity index (χ0) is 9.90. The molecule has 0 saturated carbocycles. The van der Waals surface area contributed by atoms with E-state index in [0.717, 1.165) is 32.4 Å². The highest BCUT2D eigenvalue weighted by atomic mass is 16.2. The summed E-state index contributed by atoms with van der Waals surface area (Å²) in [6, 6.07) is 0. The van der Waals surface area contributed by atoms with Gasteiger partial charge >= 0.3 is 0 Å². The molecule has 0 aromatic heterocycles. The lowest BCUT2D eigenvalue weighted by Gasteiger charge is -2.37. The van der Waals surface area contributed by atoms with Gasteiger partial charge in [-0.1, -0.05) is 6.92 Å². The fourth-order valence-electron chi connectivity index (χ4n) is 2.08. The molecule has 1 aliphatic heterocycles. The van der Waals surface area contributed by atoms with Gasteiger partial charge in [0, 0.05) is 20.6 Å². The van der Waals surface area contributed by atoms with E-state index in [1.807, 2.05) is 14.1 Å². The molecule has 76 valence electrons. The van der Waals surface area contributed by atoms with E-state index in [4.69, 9.17) is 0 Å². The Bertz CT molecular complexity index is 183. The van der Waals surface area contributed by atoms with E-state index in [1.54, 1.807) is 4.90 Å². The molecule has 1 N–H and O–H groups in total. The van der Waals surface area contributed by atoms with Crippen LogP contribution in [0, 0.1) is 5.41 Å². The summed E-state index contributed by atoms with van der Waals surface area (Å²) >= 11 is 0. The molecule has 1 rings (SSSR count). The molecular formula is C10H20N2O. The summed E-state index contributed by atoms with van der Waals surface area (Å²) in [5.41, 5.74) is -0.123. The van der Waals surface area contributed by atoms with Gasteiger partial charge in [0.25, 0.3) is 0 Å². The molecule has 0 spiro atoms. The first-order chi connectivity index (χ1) is 6.12. The number of hydrogen-bond donors (Lipinski definition) is 1.